The summed E-state index contributed by atoms with van der Waals surface area (Å²) >= 11 is 12.1. The highest BCUT2D eigenvalue weighted by atomic mass is 35.5. The Hall–Kier alpha value is -3.07. The van der Waals surface area contributed by atoms with Gasteiger partial charge in [-0.25, -0.2) is 19.0 Å². The molecule has 1 N–H and O–H groups in total. The van der Waals surface area contributed by atoms with Gasteiger partial charge < -0.3 is 9.84 Å². The molecule has 4 atom stereocenters. The summed E-state index contributed by atoms with van der Waals surface area (Å²) in [6.45, 7) is 4.88. The maximum Gasteiger partial charge on any atom is 0.434 e. The summed E-state index contributed by atoms with van der Waals surface area (Å²) in [5.74, 6) is -7.79. The summed E-state index contributed by atoms with van der Waals surface area (Å²) in [5.41, 5.74) is -3.81. The van der Waals surface area contributed by atoms with E-state index in [0.29, 0.717) is 0 Å². The number of benzene rings is 2. The lowest BCUT2D eigenvalue weighted by atomic mass is 9.62. The number of nitrogens with zero attached hydrogens (tertiary/aromatic N) is 2. The second kappa shape index (κ2) is 10.8. The lowest BCUT2D eigenvalue weighted by molar-refractivity contribution is -0.245. The van der Waals surface area contributed by atoms with E-state index in [0.717, 1.165) is 12.1 Å². The van der Waals surface area contributed by atoms with E-state index in [4.69, 9.17) is 27.9 Å². The van der Waals surface area contributed by atoms with Crippen LogP contribution < -0.4 is 4.74 Å². The number of carboxylic acid groups (broad SMARTS) is 1. The van der Waals surface area contributed by atoms with Crippen molar-refractivity contribution in [2.75, 3.05) is 7.11 Å². The zero-order valence-electron chi connectivity index (χ0n) is 21.1. The number of rotatable bonds is 7. The first-order valence-electron chi connectivity index (χ1n) is 11.5. The van der Waals surface area contributed by atoms with E-state index in [9.17, 15) is 24.5 Å². The Bertz CT molecular complexity index is 1330. The second-order valence-corrected chi connectivity index (χ2v) is 11.2. The summed E-state index contributed by atoms with van der Waals surface area (Å²) in [4.78, 5) is 27.6. The maximum absolute atomic E-state index is 15.7. The molecule has 0 bridgehead atoms. The molecule has 0 amide bonds. The molecule has 1 aliphatic heterocycles. The van der Waals surface area contributed by atoms with Crippen molar-refractivity contribution >= 4 is 35.1 Å². The van der Waals surface area contributed by atoms with Crippen molar-refractivity contribution in [3.8, 4) is 11.8 Å². The molecule has 1 fully saturated rings. The molecule has 1 heterocycles. The van der Waals surface area contributed by atoms with Crippen LogP contribution in [0.1, 0.15) is 44.2 Å². The quantitative estimate of drug-likeness (QED) is 0.299. The minimum atomic E-state index is -4.90. The predicted octanol–water partition coefficient (Wildman–Crippen LogP) is 6.28. The zero-order valence-corrected chi connectivity index (χ0v) is 22.7. The van der Waals surface area contributed by atoms with E-state index in [1.165, 1.54) is 31.4 Å². The van der Waals surface area contributed by atoms with E-state index in [1.54, 1.807) is 20.8 Å². The van der Waals surface area contributed by atoms with Gasteiger partial charge in [0, 0.05) is 27.1 Å². The Kier molecular flexibility index (Phi) is 8.46. The van der Waals surface area contributed by atoms with E-state index >= 15 is 13.2 Å². The minimum Gasteiger partial charge on any atom is -0.496 e. The summed E-state index contributed by atoms with van der Waals surface area (Å²) in [5, 5.41) is 20.8. The molecule has 1 aliphatic rings. The van der Waals surface area contributed by atoms with Gasteiger partial charge in [0.25, 0.3) is 0 Å². The van der Waals surface area contributed by atoms with Gasteiger partial charge in [-0.1, -0.05) is 62.2 Å². The average molecular weight is 591 g/mol. The molecule has 0 radical (unpaired) electrons. The average Bonchev–Trinajstić information content (AvgIpc) is 3.14. The predicted molar refractivity (Wildman–Crippen MR) is 133 cm³/mol. The molecule has 0 spiro atoms. The van der Waals surface area contributed by atoms with Gasteiger partial charge in [-0.3, -0.25) is 4.79 Å². The van der Waals surface area contributed by atoms with Crippen LogP contribution in [0.4, 0.5) is 17.7 Å². The van der Waals surface area contributed by atoms with Gasteiger partial charge >= 0.3 is 18.0 Å². The fourth-order valence-electron chi connectivity index (χ4n) is 5.39. The largest absolute Gasteiger partial charge is 0.496 e. The molecule has 13 heteroatoms. The number of hydrogen-bond donors (Lipinski definition) is 1. The first-order chi connectivity index (χ1) is 18.1. The van der Waals surface area contributed by atoms with Gasteiger partial charge in [0.05, 0.1) is 18.2 Å². The van der Waals surface area contributed by atoms with Gasteiger partial charge in [-0.2, -0.15) is 14.0 Å². The van der Waals surface area contributed by atoms with Crippen LogP contribution in [0.15, 0.2) is 36.4 Å². The molecule has 0 saturated carbocycles. The Morgan fingerprint density at radius 3 is 2.36 bits per heavy atom. The standard InChI is InChI=1S/C26H24Cl2F4N2O5/c1-24(2,3)11-18-25(12-33,15-9-8-13(27)10-17(15)38-4)19(14-6-5-7-16(28)20(14)29)21(22(35)36)34(18)26(30,31)23(37)39-32/h5-10,18-19,21H,11H2,1-4H3,(H,35,36)/t18-,19-,21-,25-/m0/s1. The number of carbonyl (C=O) groups excluding carboxylic acids is 1. The maximum atomic E-state index is 15.7. The van der Waals surface area contributed by atoms with Crippen molar-refractivity contribution in [3.05, 3.63) is 63.4 Å². The number of halogens is 6. The fourth-order valence-corrected chi connectivity index (χ4v) is 5.73. The Balaban J connectivity index is 2.61. The second-order valence-electron chi connectivity index (χ2n) is 10.3. The molecule has 39 heavy (non-hydrogen) atoms. The molecule has 0 unspecified atom stereocenters. The molecular formula is C26H24Cl2F4N2O5. The van der Waals surface area contributed by atoms with Crippen molar-refractivity contribution in [1.82, 2.24) is 4.90 Å². The molecule has 7 nitrogen and oxygen atoms in total. The van der Waals surface area contributed by atoms with Gasteiger partial charge in [0.1, 0.15) is 23.0 Å². The number of carboxylic acids is 1. The Morgan fingerprint density at radius 1 is 1.21 bits per heavy atom. The summed E-state index contributed by atoms with van der Waals surface area (Å²) in [6, 6.07) is 0.207. The third kappa shape index (κ3) is 5.13. The molecule has 2 aromatic carbocycles. The van der Waals surface area contributed by atoms with Gasteiger partial charge in [-0.15, -0.1) is 0 Å². The van der Waals surface area contributed by atoms with Crippen LogP contribution in [0, 0.1) is 22.6 Å². The summed E-state index contributed by atoms with van der Waals surface area (Å²) in [6.07, 6.45) is -0.343. The minimum absolute atomic E-state index is 0.0786. The highest BCUT2D eigenvalue weighted by Crippen LogP contribution is 2.60. The summed E-state index contributed by atoms with van der Waals surface area (Å²) in [7, 11) is 1.21. The Morgan fingerprint density at radius 2 is 1.85 bits per heavy atom. The lowest BCUT2D eigenvalue weighted by Gasteiger charge is -2.40. The molecule has 3 rings (SSSR count). The van der Waals surface area contributed by atoms with Gasteiger partial charge in [0.2, 0.25) is 0 Å². The van der Waals surface area contributed by atoms with Crippen LogP contribution in [-0.2, 0) is 19.9 Å². The molecule has 0 aromatic heterocycles. The number of nitriles is 1. The van der Waals surface area contributed by atoms with Crippen LogP contribution in [-0.4, -0.2) is 47.2 Å². The van der Waals surface area contributed by atoms with Gasteiger partial charge in [0.15, 0.2) is 0 Å². The third-order valence-electron chi connectivity index (χ3n) is 6.78. The number of hydrogen-bond acceptors (Lipinski definition) is 6. The van der Waals surface area contributed by atoms with E-state index < -0.39 is 63.2 Å². The van der Waals surface area contributed by atoms with Crippen molar-refractivity contribution in [2.45, 2.75) is 56.7 Å². The van der Waals surface area contributed by atoms with Crippen LogP contribution in [0.25, 0.3) is 0 Å². The molecular weight excluding hydrogens is 567 g/mol. The van der Waals surface area contributed by atoms with Crippen molar-refractivity contribution in [2.24, 2.45) is 5.41 Å². The number of ether oxygens (including phenoxy) is 1. The molecule has 1 saturated heterocycles. The first-order valence-corrected chi connectivity index (χ1v) is 12.2. The van der Waals surface area contributed by atoms with Crippen molar-refractivity contribution in [1.29, 1.82) is 5.26 Å². The molecule has 0 aliphatic carbocycles. The van der Waals surface area contributed by atoms with Crippen LogP contribution in [0.3, 0.4) is 0 Å². The number of carbonyl (C=O) groups is 2. The molecule has 210 valence electrons. The van der Waals surface area contributed by atoms with Crippen molar-refractivity contribution < 1.29 is 42.1 Å². The topological polar surface area (TPSA) is 99.9 Å². The third-order valence-corrected chi connectivity index (χ3v) is 7.30. The zero-order chi connectivity index (χ0) is 29.5. The van der Waals surface area contributed by atoms with Gasteiger partial charge in [-0.05, 0) is 35.6 Å². The number of likely N-dealkylation sites (tertiary alicyclic amines) is 1. The van der Waals surface area contributed by atoms with Crippen LogP contribution >= 0.6 is 23.2 Å². The van der Waals surface area contributed by atoms with Crippen molar-refractivity contribution in [3.63, 3.8) is 0 Å². The van der Waals surface area contributed by atoms with E-state index in [2.05, 4.69) is 4.94 Å². The highest BCUT2D eigenvalue weighted by Gasteiger charge is 2.72. The first kappa shape index (κ1) is 30.5. The Labute approximate surface area is 231 Å². The van der Waals surface area contributed by atoms with Crippen LogP contribution in [0.2, 0.25) is 10.0 Å². The van der Waals surface area contributed by atoms with Crippen LogP contribution in [0.5, 0.6) is 5.75 Å². The SMILES string of the molecule is COc1cc(Cl)ccc1[C@@]1(C#N)[C@H](CC(C)(C)C)N(C(F)(F)C(=O)OF)[C@H](C(=O)O)[C@@H]1c1cccc(Cl)c1F. The number of aliphatic carboxylic acids is 1. The smallest absolute Gasteiger partial charge is 0.434 e. The lowest BCUT2D eigenvalue weighted by Crippen LogP contribution is -2.58. The monoisotopic (exact) mass is 590 g/mol. The fraction of sp³-hybridized carbons (Fsp3) is 0.423. The number of methoxy groups -OCH3 is 1. The normalized spacial score (nSPS) is 23.8. The van der Waals surface area contributed by atoms with E-state index in [-0.39, 0.29) is 27.7 Å². The highest BCUT2D eigenvalue weighted by molar-refractivity contribution is 6.31. The number of alkyl halides is 2. The molecule has 2 aromatic rings. The summed E-state index contributed by atoms with van der Waals surface area (Å²) < 4.78 is 65.4. The van der Waals surface area contributed by atoms with E-state index in [1.807, 2.05) is 6.07 Å².